The largest absolute Gasteiger partial charge is 0.462 e. The highest BCUT2D eigenvalue weighted by atomic mass is 35.5. The van der Waals surface area contributed by atoms with E-state index < -0.39 is 21.9 Å². The minimum absolute atomic E-state index is 0.0115. The van der Waals surface area contributed by atoms with E-state index in [2.05, 4.69) is 10.0 Å². The third-order valence-electron chi connectivity index (χ3n) is 4.93. The van der Waals surface area contributed by atoms with Crippen LogP contribution in [0.4, 0.5) is 11.4 Å². The van der Waals surface area contributed by atoms with Crippen LogP contribution in [-0.2, 0) is 14.8 Å². The fourth-order valence-corrected chi connectivity index (χ4v) is 4.95. The van der Waals surface area contributed by atoms with Crippen molar-refractivity contribution in [3.8, 4) is 0 Å². The summed E-state index contributed by atoms with van der Waals surface area (Å²) in [6, 6.07) is 14.2. The predicted octanol–water partition coefficient (Wildman–Crippen LogP) is 5.50. The molecule has 0 fully saturated rings. The Kier molecular flexibility index (Phi) is 7.64. The quantitative estimate of drug-likeness (QED) is 0.417. The minimum atomic E-state index is -3.94. The molecule has 3 rings (SSSR count). The maximum Gasteiger partial charge on any atom is 0.339 e. The number of carbonyl (C=O) groups excluding carboxylic acids is 2. The van der Waals surface area contributed by atoms with E-state index in [4.69, 9.17) is 16.3 Å². The molecule has 0 heterocycles. The Morgan fingerprint density at radius 3 is 2.24 bits per heavy atom. The second-order valence-corrected chi connectivity index (χ2v) is 9.89. The first-order valence-corrected chi connectivity index (χ1v) is 12.4. The summed E-state index contributed by atoms with van der Waals surface area (Å²) in [5.74, 6) is -1.15. The third kappa shape index (κ3) is 5.95. The molecule has 7 nitrogen and oxygen atoms in total. The molecule has 34 heavy (non-hydrogen) atoms. The molecule has 3 aromatic rings. The minimum Gasteiger partial charge on any atom is -0.462 e. The van der Waals surface area contributed by atoms with Gasteiger partial charge in [-0.05, 0) is 86.8 Å². The number of sulfonamides is 1. The smallest absolute Gasteiger partial charge is 0.339 e. The van der Waals surface area contributed by atoms with Crippen LogP contribution in [-0.4, -0.2) is 26.9 Å². The molecule has 2 N–H and O–H groups in total. The summed E-state index contributed by atoms with van der Waals surface area (Å²) >= 11 is 6.07. The third-order valence-corrected chi connectivity index (χ3v) is 6.79. The number of hydrogen-bond acceptors (Lipinski definition) is 5. The van der Waals surface area contributed by atoms with E-state index in [0.29, 0.717) is 16.9 Å². The number of aryl methyl sites for hydroxylation is 3. The lowest BCUT2D eigenvalue weighted by Gasteiger charge is -2.13. The number of benzene rings is 3. The van der Waals surface area contributed by atoms with E-state index >= 15 is 0 Å². The number of anilines is 2. The Bertz CT molecular complexity index is 1350. The van der Waals surface area contributed by atoms with E-state index in [0.717, 1.165) is 11.1 Å². The Morgan fingerprint density at radius 1 is 0.912 bits per heavy atom. The van der Waals surface area contributed by atoms with Crippen molar-refractivity contribution in [2.75, 3.05) is 16.6 Å². The van der Waals surface area contributed by atoms with Crippen LogP contribution >= 0.6 is 11.6 Å². The maximum absolute atomic E-state index is 13.1. The van der Waals surface area contributed by atoms with Crippen LogP contribution in [0.2, 0.25) is 5.02 Å². The molecule has 0 atom stereocenters. The molecule has 178 valence electrons. The van der Waals surface area contributed by atoms with Gasteiger partial charge in [0.05, 0.1) is 22.1 Å². The van der Waals surface area contributed by atoms with Crippen molar-refractivity contribution in [3.05, 3.63) is 87.4 Å². The lowest BCUT2D eigenvalue weighted by molar-refractivity contribution is 0.0526. The molecule has 0 aliphatic carbocycles. The number of nitrogens with one attached hydrogen (secondary N) is 2. The van der Waals surface area contributed by atoms with Gasteiger partial charge < -0.3 is 10.1 Å². The van der Waals surface area contributed by atoms with Gasteiger partial charge in [0.25, 0.3) is 15.9 Å². The van der Waals surface area contributed by atoms with Crippen LogP contribution in [0.25, 0.3) is 0 Å². The van der Waals surface area contributed by atoms with Gasteiger partial charge in [-0.25, -0.2) is 13.2 Å². The second-order valence-electron chi connectivity index (χ2n) is 7.83. The first-order valence-electron chi connectivity index (χ1n) is 10.5. The van der Waals surface area contributed by atoms with Gasteiger partial charge in [0.1, 0.15) is 0 Å². The van der Waals surface area contributed by atoms with E-state index in [1.807, 2.05) is 19.9 Å². The molecule has 0 saturated carbocycles. The summed E-state index contributed by atoms with van der Waals surface area (Å²) in [5, 5.41) is 2.86. The standard InChI is InChI=1S/C25H25ClN2O5S/c1-5-33-25(30)21-14-19(8-9-22(21)26)27-24(29)18-7-6-17(4)23(13-18)34(31,32)28-20-11-15(2)10-16(3)12-20/h6-14,28H,5H2,1-4H3,(H,27,29). The number of esters is 1. The van der Waals surface area contributed by atoms with Crippen LogP contribution in [0, 0.1) is 20.8 Å². The van der Waals surface area contributed by atoms with Crippen LogP contribution in [0.3, 0.4) is 0 Å². The molecule has 0 aliphatic heterocycles. The number of halogens is 1. The van der Waals surface area contributed by atoms with Crippen molar-refractivity contribution in [3.63, 3.8) is 0 Å². The normalized spacial score (nSPS) is 11.1. The average molecular weight is 501 g/mol. The van der Waals surface area contributed by atoms with E-state index in [-0.39, 0.29) is 27.7 Å². The first-order chi connectivity index (χ1) is 16.0. The molecule has 0 aliphatic rings. The number of amides is 1. The van der Waals surface area contributed by atoms with Gasteiger partial charge in [-0.3, -0.25) is 9.52 Å². The maximum atomic E-state index is 13.1. The van der Waals surface area contributed by atoms with Crippen molar-refractivity contribution in [1.29, 1.82) is 0 Å². The number of ether oxygens (including phenoxy) is 1. The van der Waals surface area contributed by atoms with Gasteiger partial charge in [-0.2, -0.15) is 0 Å². The SMILES string of the molecule is CCOC(=O)c1cc(NC(=O)c2ccc(C)c(S(=O)(=O)Nc3cc(C)cc(C)c3)c2)ccc1Cl. The van der Waals surface area contributed by atoms with Gasteiger partial charge in [0.15, 0.2) is 0 Å². The topological polar surface area (TPSA) is 102 Å². The number of carbonyl (C=O) groups is 2. The van der Waals surface area contributed by atoms with Gasteiger partial charge >= 0.3 is 5.97 Å². The monoisotopic (exact) mass is 500 g/mol. The average Bonchev–Trinajstić information content (AvgIpc) is 2.74. The second kappa shape index (κ2) is 10.3. The van der Waals surface area contributed by atoms with Crippen molar-refractivity contribution < 1.29 is 22.7 Å². The lowest BCUT2D eigenvalue weighted by atomic mass is 10.1. The molecule has 0 unspecified atom stereocenters. The summed E-state index contributed by atoms with van der Waals surface area (Å²) in [6.45, 7) is 7.27. The number of hydrogen-bond donors (Lipinski definition) is 2. The van der Waals surface area contributed by atoms with E-state index in [1.54, 1.807) is 32.0 Å². The zero-order chi connectivity index (χ0) is 25.0. The Hall–Kier alpha value is -3.36. The lowest BCUT2D eigenvalue weighted by Crippen LogP contribution is -2.17. The molecule has 0 radical (unpaired) electrons. The van der Waals surface area contributed by atoms with Crippen LogP contribution in [0.15, 0.2) is 59.5 Å². The highest BCUT2D eigenvalue weighted by molar-refractivity contribution is 7.92. The molecular formula is C25H25ClN2O5S. The highest BCUT2D eigenvalue weighted by Gasteiger charge is 2.20. The molecule has 0 spiro atoms. The van der Waals surface area contributed by atoms with Crippen LogP contribution < -0.4 is 10.0 Å². The molecule has 0 bridgehead atoms. The fourth-order valence-electron chi connectivity index (χ4n) is 3.45. The van der Waals surface area contributed by atoms with Gasteiger partial charge in [0, 0.05) is 16.9 Å². The Morgan fingerprint density at radius 2 is 1.59 bits per heavy atom. The molecule has 9 heteroatoms. The summed E-state index contributed by atoms with van der Waals surface area (Å²) in [6.07, 6.45) is 0. The summed E-state index contributed by atoms with van der Waals surface area (Å²) in [7, 11) is -3.94. The van der Waals surface area contributed by atoms with Crippen LogP contribution in [0.1, 0.15) is 44.3 Å². The summed E-state index contributed by atoms with van der Waals surface area (Å²) in [4.78, 5) is 24.9. The zero-order valence-corrected chi connectivity index (χ0v) is 20.8. The first kappa shape index (κ1) is 25.3. The summed E-state index contributed by atoms with van der Waals surface area (Å²) < 4.78 is 33.7. The Labute approximate surface area is 204 Å². The molecule has 1 amide bonds. The van der Waals surface area contributed by atoms with Crippen molar-refractivity contribution >= 4 is 44.9 Å². The number of rotatable bonds is 7. The highest BCUT2D eigenvalue weighted by Crippen LogP contribution is 2.25. The van der Waals surface area contributed by atoms with E-state index in [9.17, 15) is 18.0 Å². The van der Waals surface area contributed by atoms with Gasteiger partial charge in [0.2, 0.25) is 0 Å². The predicted molar refractivity (Wildman–Crippen MR) is 133 cm³/mol. The molecule has 0 saturated heterocycles. The van der Waals surface area contributed by atoms with Gasteiger partial charge in [-0.1, -0.05) is 23.7 Å². The molecule has 0 aromatic heterocycles. The fraction of sp³-hybridized carbons (Fsp3) is 0.200. The molecule has 3 aromatic carbocycles. The van der Waals surface area contributed by atoms with Crippen molar-refractivity contribution in [1.82, 2.24) is 0 Å². The van der Waals surface area contributed by atoms with Gasteiger partial charge in [-0.15, -0.1) is 0 Å². The van der Waals surface area contributed by atoms with E-state index in [1.165, 1.54) is 30.3 Å². The Balaban J connectivity index is 1.87. The van der Waals surface area contributed by atoms with Crippen LogP contribution in [0.5, 0.6) is 0 Å². The zero-order valence-electron chi connectivity index (χ0n) is 19.2. The van der Waals surface area contributed by atoms with Crippen molar-refractivity contribution in [2.45, 2.75) is 32.6 Å². The summed E-state index contributed by atoms with van der Waals surface area (Å²) in [5.41, 5.74) is 3.35. The van der Waals surface area contributed by atoms with Crippen molar-refractivity contribution in [2.24, 2.45) is 0 Å². The molecular weight excluding hydrogens is 476 g/mol.